The number of anilines is 1. The van der Waals surface area contributed by atoms with E-state index in [4.69, 9.17) is 23.2 Å². The number of aryl methyl sites for hydroxylation is 1. The van der Waals surface area contributed by atoms with Crippen LogP contribution in [0.15, 0.2) is 48.9 Å². The number of halogens is 5. The highest BCUT2D eigenvalue weighted by Crippen LogP contribution is 2.33. The van der Waals surface area contributed by atoms with Crippen LogP contribution in [0.2, 0.25) is 10.0 Å². The molecule has 1 aromatic heterocycles. The number of imidazole rings is 1. The van der Waals surface area contributed by atoms with E-state index in [1.165, 1.54) is 35.2 Å². The molecule has 9 heteroatoms. The second kappa shape index (κ2) is 7.25. The summed E-state index contributed by atoms with van der Waals surface area (Å²) in [5.74, 6) is -0.611. The molecule has 4 nitrogen and oxygen atoms in total. The Morgan fingerprint density at radius 2 is 1.85 bits per heavy atom. The van der Waals surface area contributed by atoms with Crippen molar-refractivity contribution in [2.24, 2.45) is 0 Å². The van der Waals surface area contributed by atoms with Crippen LogP contribution in [0.4, 0.5) is 18.9 Å². The first-order valence-corrected chi connectivity index (χ1v) is 8.39. The number of nitrogens with one attached hydrogen (secondary N) is 1. The smallest absolute Gasteiger partial charge is 0.322 e. The van der Waals surface area contributed by atoms with Gasteiger partial charge in [0, 0.05) is 23.1 Å². The minimum Gasteiger partial charge on any atom is -0.322 e. The van der Waals surface area contributed by atoms with E-state index in [1.807, 2.05) is 0 Å². The standard InChI is InChI=1S/C18H12Cl2F3N3O/c1-10-8-26(9-24-10)14-6-12(18(21,22)23)5-13(7-14)25-17(27)11-2-3-15(19)16(20)4-11/h2-9H,1H3,(H,25,27). The van der Waals surface area contributed by atoms with Crippen molar-refractivity contribution in [3.8, 4) is 5.69 Å². The first-order valence-electron chi connectivity index (χ1n) is 7.63. The monoisotopic (exact) mass is 413 g/mol. The van der Waals surface area contributed by atoms with Crippen molar-refractivity contribution in [2.45, 2.75) is 13.1 Å². The maximum absolute atomic E-state index is 13.3. The van der Waals surface area contributed by atoms with Gasteiger partial charge in [0.2, 0.25) is 0 Å². The number of carbonyl (C=O) groups is 1. The lowest BCUT2D eigenvalue weighted by molar-refractivity contribution is -0.137. The van der Waals surface area contributed by atoms with Crippen molar-refractivity contribution < 1.29 is 18.0 Å². The summed E-state index contributed by atoms with van der Waals surface area (Å²) in [6, 6.07) is 7.47. The normalized spacial score (nSPS) is 11.5. The molecule has 0 aliphatic heterocycles. The molecule has 0 bridgehead atoms. The maximum atomic E-state index is 13.3. The first-order chi connectivity index (χ1) is 12.6. The van der Waals surface area contributed by atoms with Crippen LogP contribution in [-0.2, 0) is 6.18 Å². The highest BCUT2D eigenvalue weighted by molar-refractivity contribution is 6.42. The van der Waals surface area contributed by atoms with Gasteiger partial charge in [0.1, 0.15) is 0 Å². The number of rotatable bonds is 3. The molecule has 3 aromatic rings. The third-order valence-corrected chi connectivity index (χ3v) is 4.43. The number of hydrogen-bond donors (Lipinski definition) is 1. The highest BCUT2D eigenvalue weighted by atomic mass is 35.5. The number of nitrogens with zero attached hydrogens (tertiary/aromatic N) is 2. The van der Waals surface area contributed by atoms with Crippen LogP contribution in [0.1, 0.15) is 21.6 Å². The number of alkyl halides is 3. The van der Waals surface area contributed by atoms with Gasteiger partial charge in [0.15, 0.2) is 0 Å². The average Bonchev–Trinajstić information content (AvgIpc) is 3.02. The number of amides is 1. The number of carbonyl (C=O) groups excluding carboxylic acids is 1. The van der Waals surface area contributed by atoms with Gasteiger partial charge in [-0.3, -0.25) is 4.79 Å². The molecule has 1 heterocycles. The Bertz CT molecular complexity index is 1020. The Hall–Kier alpha value is -2.51. The molecule has 3 rings (SSSR count). The summed E-state index contributed by atoms with van der Waals surface area (Å²) >= 11 is 11.7. The zero-order valence-corrected chi connectivity index (χ0v) is 15.3. The molecule has 0 aliphatic carbocycles. The third-order valence-electron chi connectivity index (χ3n) is 3.69. The minimum atomic E-state index is -4.57. The van der Waals surface area contributed by atoms with Gasteiger partial charge in [-0.25, -0.2) is 4.98 Å². The van der Waals surface area contributed by atoms with Gasteiger partial charge in [0.05, 0.1) is 27.6 Å². The quantitative estimate of drug-likeness (QED) is 0.593. The summed E-state index contributed by atoms with van der Waals surface area (Å²) in [7, 11) is 0. The lowest BCUT2D eigenvalue weighted by Crippen LogP contribution is -2.14. The van der Waals surface area contributed by atoms with Gasteiger partial charge in [-0.15, -0.1) is 0 Å². The molecular weight excluding hydrogens is 402 g/mol. The second-order valence-corrected chi connectivity index (χ2v) is 6.59. The van der Waals surface area contributed by atoms with Gasteiger partial charge >= 0.3 is 6.18 Å². The fraction of sp³-hybridized carbons (Fsp3) is 0.111. The zero-order valence-electron chi connectivity index (χ0n) is 13.8. The van der Waals surface area contributed by atoms with Gasteiger partial charge in [-0.2, -0.15) is 13.2 Å². The van der Waals surface area contributed by atoms with Crippen molar-refractivity contribution in [3.05, 3.63) is 75.8 Å². The van der Waals surface area contributed by atoms with Gasteiger partial charge < -0.3 is 9.88 Å². The van der Waals surface area contributed by atoms with Crippen molar-refractivity contribution in [1.29, 1.82) is 0 Å². The lowest BCUT2D eigenvalue weighted by Gasteiger charge is -2.14. The Kier molecular flexibility index (Phi) is 5.17. The number of benzene rings is 2. The molecular formula is C18H12Cl2F3N3O. The van der Waals surface area contributed by atoms with E-state index in [2.05, 4.69) is 10.3 Å². The molecule has 1 N–H and O–H groups in total. The van der Waals surface area contributed by atoms with Crippen LogP contribution < -0.4 is 5.32 Å². The summed E-state index contributed by atoms with van der Waals surface area (Å²) in [5.41, 5.74) is 0.128. The summed E-state index contributed by atoms with van der Waals surface area (Å²) in [6.07, 6.45) is -1.59. The van der Waals surface area contributed by atoms with E-state index in [1.54, 1.807) is 13.1 Å². The highest BCUT2D eigenvalue weighted by Gasteiger charge is 2.31. The van der Waals surface area contributed by atoms with E-state index in [-0.39, 0.29) is 27.0 Å². The van der Waals surface area contributed by atoms with Gasteiger partial charge in [-0.1, -0.05) is 23.2 Å². The van der Waals surface area contributed by atoms with Crippen LogP contribution in [0.5, 0.6) is 0 Å². The maximum Gasteiger partial charge on any atom is 0.416 e. The molecule has 0 unspecified atom stereocenters. The van der Waals surface area contributed by atoms with E-state index in [0.29, 0.717) is 5.69 Å². The second-order valence-electron chi connectivity index (χ2n) is 5.77. The predicted octanol–water partition coefficient (Wildman–Crippen LogP) is 5.76. The van der Waals surface area contributed by atoms with Crippen LogP contribution in [0, 0.1) is 6.92 Å². The van der Waals surface area contributed by atoms with E-state index >= 15 is 0 Å². The van der Waals surface area contributed by atoms with Crippen LogP contribution in [0.25, 0.3) is 5.69 Å². The molecule has 0 aliphatic rings. The van der Waals surface area contributed by atoms with Crippen molar-refractivity contribution in [3.63, 3.8) is 0 Å². The fourth-order valence-corrected chi connectivity index (χ4v) is 2.70. The Labute approximate surface area is 162 Å². The summed E-state index contributed by atoms with van der Waals surface area (Å²) < 4.78 is 41.2. The lowest BCUT2D eigenvalue weighted by atomic mass is 10.1. The molecule has 0 fully saturated rings. The fourth-order valence-electron chi connectivity index (χ4n) is 2.40. The summed E-state index contributed by atoms with van der Waals surface area (Å²) in [6.45, 7) is 1.72. The van der Waals surface area contributed by atoms with Crippen molar-refractivity contribution in [1.82, 2.24) is 9.55 Å². The van der Waals surface area contributed by atoms with Crippen molar-refractivity contribution in [2.75, 3.05) is 5.32 Å². The predicted molar refractivity (Wildman–Crippen MR) is 97.7 cm³/mol. The number of aromatic nitrogens is 2. The summed E-state index contributed by atoms with van der Waals surface area (Å²) in [5, 5.41) is 2.90. The molecule has 0 spiro atoms. The molecule has 0 saturated heterocycles. The topological polar surface area (TPSA) is 46.9 Å². The third kappa shape index (κ3) is 4.43. The van der Waals surface area contributed by atoms with Crippen molar-refractivity contribution >= 4 is 34.8 Å². The summed E-state index contributed by atoms with van der Waals surface area (Å²) in [4.78, 5) is 16.4. The van der Waals surface area contributed by atoms with E-state index in [0.717, 1.165) is 12.1 Å². The molecule has 0 saturated carbocycles. The molecule has 2 aromatic carbocycles. The largest absolute Gasteiger partial charge is 0.416 e. The SMILES string of the molecule is Cc1cn(-c2cc(NC(=O)c3ccc(Cl)c(Cl)c3)cc(C(F)(F)F)c2)cn1. The molecule has 0 radical (unpaired) electrons. The Morgan fingerprint density at radius 3 is 2.44 bits per heavy atom. The molecule has 0 atom stereocenters. The van der Waals surface area contributed by atoms with Crippen LogP contribution >= 0.6 is 23.2 Å². The molecule has 1 amide bonds. The average molecular weight is 414 g/mol. The van der Waals surface area contributed by atoms with E-state index < -0.39 is 17.6 Å². The molecule has 27 heavy (non-hydrogen) atoms. The van der Waals surface area contributed by atoms with E-state index in [9.17, 15) is 18.0 Å². The first kappa shape index (κ1) is 19.3. The number of hydrogen-bond acceptors (Lipinski definition) is 2. The Balaban J connectivity index is 1.98. The van der Waals surface area contributed by atoms with Crippen LogP contribution in [-0.4, -0.2) is 15.5 Å². The molecule has 140 valence electrons. The Morgan fingerprint density at radius 1 is 1.11 bits per heavy atom. The van der Waals surface area contributed by atoms with Gasteiger partial charge in [0.25, 0.3) is 5.91 Å². The van der Waals surface area contributed by atoms with Gasteiger partial charge in [-0.05, 0) is 43.3 Å². The van der Waals surface area contributed by atoms with Crippen LogP contribution in [0.3, 0.4) is 0 Å². The minimum absolute atomic E-state index is 0.0118. The zero-order chi connectivity index (χ0) is 19.8.